The summed E-state index contributed by atoms with van der Waals surface area (Å²) in [6.45, 7) is 12.0. The maximum atomic E-state index is 5.50. The summed E-state index contributed by atoms with van der Waals surface area (Å²) in [5, 5.41) is 3.56. The van der Waals surface area contributed by atoms with E-state index in [-0.39, 0.29) is 0 Å². The fraction of sp³-hybridized carbons (Fsp3) is 1.00. The van der Waals surface area contributed by atoms with Crippen LogP contribution in [0.2, 0.25) is 0 Å². The Balaban J connectivity index is 2.08. The molecule has 3 heteroatoms. The first-order valence-corrected chi connectivity index (χ1v) is 5.85. The van der Waals surface area contributed by atoms with Crippen LogP contribution in [0.1, 0.15) is 27.2 Å². The highest BCUT2D eigenvalue weighted by Gasteiger charge is 2.22. The molecule has 0 unspecified atom stereocenters. The highest BCUT2D eigenvalue weighted by Crippen LogP contribution is 2.11. The number of likely N-dealkylation sites (N-methyl/N-ethyl adjacent to an activating group) is 1. The molecule has 14 heavy (non-hydrogen) atoms. The van der Waals surface area contributed by atoms with Crippen molar-refractivity contribution < 1.29 is 4.74 Å². The molecule has 0 saturated carbocycles. The average Bonchev–Trinajstić information content (AvgIpc) is 2.59. The van der Waals surface area contributed by atoms with Crippen LogP contribution in [0, 0.1) is 0 Å². The summed E-state index contributed by atoms with van der Waals surface area (Å²) in [6.07, 6.45) is 1.56. The third-order valence-corrected chi connectivity index (χ3v) is 3.11. The number of hydrogen-bond donors (Lipinski definition) is 1. The van der Waals surface area contributed by atoms with E-state index in [4.69, 9.17) is 4.74 Å². The van der Waals surface area contributed by atoms with Gasteiger partial charge in [0.25, 0.3) is 0 Å². The maximum absolute atomic E-state index is 5.50. The summed E-state index contributed by atoms with van der Waals surface area (Å²) >= 11 is 0. The molecular formula is C11H24N2O. The second-order valence-electron chi connectivity index (χ2n) is 3.95. The van der Waals surface area contributed by atoms with Crippen molar-refractivity contribution in [2.45, 2.75) is 39.3 Å². The second kappa shape index (κ2) is 6.38. The number of rotatable bonds is 6. The molecule has 2 atom stereocenters. The molecular weight excluding hydrogens is 176 g/mol. The smallest absolute Gasteiger partial charge is 0.0700 e. The molecule has 1 aliphatic rings. The molecule has 1 fully saturated rings. The molecule has 0 aromatic carbocycles. The van der Waals surface area contributed by atoms with E-state index in [2.05, 4.69) is 31.0 Å². The standard InChI is InChI=1S/C11H24N2O/c1-4-13(5-2)8-7-12-11-6-9-14-10(11)3/h10-12H,4-9H2,1-3H3/t10-,11-/m0/s1. The van der Waals surface area contributed by atoms with Crippen LogP contribution < -0.4 is 5.32 Å². The van der Waals surface area contributed by atoms with Gasteiger partial charge in [-0.05, 0) is 26.4 Å². The van der Waals surface area contributed by atoms with Crippen molar-refractivity contribution in [2.24, 2.45) is 0 Å². The minimum absolute atomic E-state index is 0.395. The van der Waals surface area contributed by atoms with Gasteiger partial charge in [-0.15, -0.1) is 0 Å². The molecule has 1 heterocycles. The number of hydrogen-bond acceptors (Lipinski definition) is 3. The first-order valence-electron chi connectivity index (χ1n) is 5.85. The van der Waals surface area contributed by atoms with E-state index in [1.54, 1.807) is 0 Å². The van der Waals surface area contributed by atoms with E-state index >= 15 is 0 Å². The first kappa shape index (κ1) is 12.0. The minimum atomic E-state index is 0.395. The molecule has 1 aliphatic heterocycles. The predicted octanol–water partition coefficient (Wildman–Crippen LogP) is 1.10. The molecule has 3 nitrogen and oxygen atoms in total. The molecule has 0 aromatic rings. The number of nitrogens with zero attached hydrogens (tertiary/aromatic N) is 1. The van der Waals surface area contributed by atoms with Crippen LogP contribution in [0.15, 0.2) is 0 Å². The van der Waals surface area contributed by atoms with E-state index in [1.807, 2.05) is 0 Å². The second-order valence-corrected chi connectivity index (χ2v) is 3.95. The van der Waals surface area contributed by atoms with Gasteiger partial charge in [-0.25, -0.2) is 0 Å². The SMILES string of the molecule is CCN(CC)CCN[C@H]1CCO[C@H]1C. The summed E-state index contributed by atoms with van der Waals surface area (Å²) in [4.78, 5) is 2.44. The Morgan fingerprint density at radius 3 is 2.57 bits per heavy atom. The molecule has 0 aliphatic carbocycles. The van der Waals surface area contributed by atoms with Crippen molar-refractivity contribution in [3.8, 4) is 0 Å². The van der Waals surface area contributed by atoms with Gasteiger partial charge >= 0.3 is 0 Å². The average molecular weight is 200 g/mol. The minimum Gasteiger partial charge on any atom is -0.377 e. The Labute approximate surface area is 87.8 Å². The van der Waals surface area contributed by atoms with Crippen LogP contribution in [-0.2, 0) is 4.74 Å². The van der Waals surface area contributed by atoms with Gasteiger partial charge in [-0.1, -0.05) is 13.8 Å². The lowest BCUT2D eigenvalue weighted by Crippen LogP contribution is -2.40. The number of nitrogens with one attached hydrogen (secondary N) is 1. The Bertz CT molecular complexity index is 148. The summed E-state index contributed by atoms with van der Waals surface area (Å²) in [5.41, 5.74) is 0. The van der Waals surface area contributed by atoms with Crippen LogP contribution in [0.3, 0.4) is 0 Å². The van der Waals surface area contributed by atoms with Gasteiger partial charge in [0.2, 0.25) is 0 Å². The molecule has 84 valence electrons. The zero-order chi connectivity index (χ0) is 10.4. The number of ether oxygens (including phenoxy) is 1. The molecule has 1 saturated heterocycles. The lowest BCUT2D eigenvalue weighted by molar-refractivity contribution is 0.112. The highest BCUT2D eigenvalue weighted by molar-refractivity contribution is 4.79. The molecule has 0 amide bonds. The van der Waals surface area contributed by atoms with Crippen molar-refractivity contribution in [1.29, 1.82) is 0 Å². The van der Waals surface area contributed by atoms with Crippen molar-refractivity contribution in [1.82, 2.24) is 10.2 Å². The monoisotopic (exact) mass is 200 g/mol. The summed E-state index contributed by atoms with van der Waals surface area (Å²) in [7, 11) is 0. The van der Waals surface area contributed by atoms with Crippen LogP contribution in [-0.4, -0.2) is 49.8 Å². The van der Waals surface area contributed by atoms with Crippen molar-refractivity contribution in [3.05, 3.63) is 0 Å². The normalized spacial score (nSPS) is 27.4. The van der Waals surface area contributed by atoms with Gasteiger partial charge in [0.05, 0.1) is 6.10 Å². The zero-order valence-electron chi connectivity index (χ0n) is 9.75. The Morgan fingerprint density at radius 1 is 1.36 bits per heavy atom. The topological polar surface area (TPSA) is 24.5 Å². The van der Waals surface area contributed by atoms with Crippen molar-refractivity contribution in [2.75, 3.05) is 32.8 Å². The summed E-state index contributed by atoms with van der Waals surface area (Å²) in [5.74, 6) is 0. The van der Waals surface area contributed by atoms with E-state index < -0.39 is 0 Å². The lowest BCUT2D eigenvalue weighted by atomic mass is 10.1. The van der Waals surface area contributed by atoms with Gasteiger partial charge in [-0.2, -0.15) is 0 Å². The molecule has 1 rings (SSSR count). The third-order valence-electron chi connectivity index (χ3n) is 3.11. The fourth-order valence-electron chi connectivity index (χ4n) is 1.95. The van der Waals surface area contributed by atoms with E-state index in [0.717, 1.165) is 32.8 Å². The Morgan fingerprint density at radius 2 is 2.07 bits per heavy atom. The quantitative estimate of drug-likeness (QED) is 0.695. The third kappa shape index (κ3) is 3.56. The Hall–Kier alpha value is -0.120. The van der Waals surface area contributed by atoms with Gasteiger partial charge < -0.3 is 15.0 Å². The Kier molecular flexibility index (Phi) is 5.45. The van der Waals surface area contributed by atoms with Gasteiger partial charge in [-0.3, -0.25) is 0 Å². The predicted molar refractivity (Wildman–Crippen MR) is 59.6 cm³/mol. The lowest BCUT2D eigenvalue weighted by Gasteiger charge is -2.21. The molecule has 0 spiro atoms. The van der Waals surface area contributed by atoms with Crippen molar-refractivity contribution in [3.63, 3.8) is 0 Å². The van der Waals surface area contributed by atoms with E-state index in [9.17, 15) is 0 Å². The highest BCUT2D eigenvalue weighted by atomic mass is 16.5. The molecule has 1 N–H and O–H groups in total. The largest absolute Gasteiger partial charge is 0.377 e. The van der Waals surface area contributed by atoms with Crippen LogP contribution >= 0.6 is 0 Å². The fourth-order valence-corrected chi connectivity index (χ4v) is 1.95. The first-order chi connectivity index (χ1) is 6.77. The van der Waals surface area contributed by atoms with E-state index in [0.29, 0.717) is 12.1 Å². The maximum Gasteiger partial charge on any atom is 0.0700 e. The molecule has 0 radical (unpaired) electrons. The summed E-state index contributed by atoms with van der Waals surface area (Å²) < 4.78 is 5.50. The van der Waals surface area contributed by atoms with Gasteiger partial charge in [0, 0.05) is 25.7 Å². The van der Waals surface area contributed by atoms with Gasteiger partial charge in [0.1, 0.15) is 0 Å². The van der Waals surface area contributed by atoms with Crippen LogP contribution in [0.4, 0.5) is 0 Å². The molecule has 0 aromatic heterocycles. The zero-order valence-corrected chi connectivity index (χ0v) is 9.75. The summed E-state index contributed by atoms with van der Waals surface area (Å²) in [6, 6.07) is 0.575. The van der Waals surface area contributed by atoms with Gasteiger partial charge in [0.15, 0.2) is 0 Å². The van der Waals surface area contributed by atoms with Crippen LogP contribution in [0.5, 0.6) is 0 Å². The van der Waals surface area contributed by atoms with Crippen molar-refractivity contribution >= 4 is 0 Å². The van der Waals surface area contributed by atoms with E-state index in [1.165, 1.54) is 6.42 Å². The molecule has 0 bridgehead atoms. The van der Waals surface area contributed by atoms with Crippen LogP contribution in [0.25, 0.3) is 0 Å².